The third-order valence-electron chi connectivity index (χ3n) is 1.72. The molecule has 1 aromatic carbocycles. The van der Waals surface area contributed by atoms with E-state index in [4.69, 9.17) is 21.1 Å². The Bertz CT molecular complexity index is 274. The van der Waals surface area contributed by atoms with Crippen LogP contribution in [0.5, 0.6) is 11.5 Å². The van der Waals surface area contributed by atoms with Gasteiger partial charge in [-0.25, -0.2) is 0 Å². The summed E-state index contributed by atoms with van der Waals surface area (Å²) in [6, 6.07) is 5.64. The summed E-state index contributed by atoms with van der Waals surface area (Å²) in [5.74, 6) is 2.05. The molecule has 0 aliphatic carbocycles. The van der Waals surface area contributed by atoms with Crippen LogP contribution in [0, 0.1) is 0 Å². The Morgan fingerprint density at radius 1 is 1.38 bits per heavy atom. The van der Waals surface area contributed by atoms with Gasteiger partial charge in [0.2, 0.25) is 0 Å². The molecule has 13 heavy (non-hydrogen) atoms. The minimum atomic E-state index is 0.458. The van der Waals surface area contributed by atoms with Crippen LogP contribution in [0.1, 0.15) is 12.5 Å². The highest BCUT2D eigenvalue weighted by Crippen LogP contribution is 2.25. The van der Waals surface area contributed by atoms with Gasteiger partial charge in [0, 0.05) is 11.6 Å². The monoisotopic (exact) mass is 200 g/mol. The van der Waals surface area contributed by atoms with E-state index in [1.54, 1.807) is 7.11 Å². The Morgan fingerprint density at radius 2 is 2.15 bits per heavy atom. The minimum absolute atomic E-state index is 0.458. The van der Waals surface area contributed by atoms with E-state index in [1.807, 2.05) is 25.1 Å². The second-order valence-corrected chi connectivity index (χ2v) is 2.81. The Kier molecular flexibility index (Phi) is 3.90. The van der Waals surface area contributed by atoms with Crippen molar-refractivity contribution in [3.63, 3.8) is 0 Å². The zero-order chi connectivity index (χ0) is 9.68. The molecule has 0 fully saturated rings. The van der Waals surface area contributed by atoms with E-state index < -0.39 is 0 Å². The summed E-state index contributed by atoms with van der Waals surface area (Å²) in [6.45, 7) is 2.58. The van der Waals surface area contributed by atoms with Crippen LogP contribution in [0.25, 0.3) is 0 Å². The first-order chi connectivity index (χ1) is 6.31. The van der Waals surface area contributed by atoms with E-state index in [9.17, 15) is 0 Å². The second kappa shape index (κ2) is 4.97. The third-order valence-corrected chi connectivity index (χ3v) is 2.01. The number of rotatable bonds is 4. The maximum absolute atomic E-state index is 5.74. The predicted octanol–water partition coefficient (Wildman–Crippen LogP) is 2.83. The van der Waals surface area contributed by atoms with Gasteiger partial charge in [-0.3, -0.25) is 0 Å². The first kappa shape index (κ1) is 10.2. The van der Waals surface area contributed by atoms with Crippen LogP contribution in [0.3, 0.4) is 0 Å². The molecule has 2 nitrogen and oxygen atoms in total. The number of methoxy groups -OCH3 is 1. The molecule has 0 bridgehead atoms. The van der Waals surface area contributed by atoms with Gasteiger partial charge < -0.3 is 9.47 Å². The number of ether oxygens (including phenoxy) is 2. The summed E-state index contributed by atoms with van der Waals surface area (Å²) in [6.07, 6.45) is 0. The summed E-state index contributed by atoms with van der Waals surface area (Å²) in [5, 5.41) is 0. The van der Waals surface area contributed by atoms with Crippen molar-refractivity contribution in [1.82, 2.24) is 0 Å². The molecule has 0 N–H and O–H groups in total. The number of hydrogen-bond donors (Lipinski definition) is 0. The molecule has 1 rings (SSSR count). The standard InChI is InChI=1S/C10H13ClO2/c1-3-13-10-6-9(12-2)5-4-8(10)7-11/h4-6H,3,7H2,1-2H3. The van der Waals surface area contributed by atoms with Gasteiger partial charge in [-0.1, -0.05) is 6.07 Å². The molecule has 1 aromatic rings. The number of hydrogen-bond acceptors (Lipinski definition) is 2. The SMILES string of the molecule is CCOc1cc(OC)ccc1CCl. The van der Waals surface area contributed by atoms with E-state index in [-0.39, 0.29) is 0 Å². The highest BCUT2D eigenvalue weighted by molar-refractivity contribution is 6.17. The molecule has 0 amide bonds. The maximum Gasteiger partial charge on any atom is 0.127 e. The molecule has 0 radical (unpaired) electrons. The molecule has 0 atom stereocenters. The van der Waals surface area contributed by atoms with E-state index in [0.29, 0.717) is 12.5 Å². The van der Waals surface area contributed by atoms with Gasteiger partial charge in [0.25, 0.3) is 0 Å². The zero-order valence-corrected chi connectivity index (χ0v) is 8.60. The van der Waals surface area contributed by atoms with Crippen LogP contribution in [-0.2, 0) is 5.88 Å². The molecule has 0 saturated carbocycles. The van der Waals surface area contributed by atoms with Gasteiger partial charge in [0.05, 0.1) is 19.6 Å². The fourth-order valence-corrected chi connectivity index (χ4v) is 1.28. The van der Waals surface area contributed by atoms with Crippen LogP contribution < -0.4 is 9.47 Å². The first-order valence-electron chi connectivity index (χ1n) is 4.17. The summed E-state index contributed by atoms with van der Waals surface area (Å²) in [5.41, 5.74) is 0.990. The maximum atomic E-state index is 5.74. The Hall–Kier alpha value is -0.890. The van der Waals surface area contributed by atoms with Crippen LogP contribution in [-0.4, -0.2) is 13.7 Å². The minimum Gasteiger partial charge on any atom is -0.497 e. The summed E-state index contributed by atoms with van der Waals surface area (Å²) >= 11 is 5.74. The van der Waals surface area contributed by atoms with E-state index in [1.165, 1.54) is 0 Å². The van der Waals surface area contributed by atoms with Gasteiger partial charge in [0.15, 0.2) is 0 Å². The van der Waals surface area contributed by atoms with Crippen molar-refractivity contribution in [2.24, 2.45) is 0 Å². The average molecular weight is 201 g/mol. The Labute approximate surface area is 83.4 Å². The Morgan fingerprint density at radius 3 is 2.69 bits per heavy atom. The molecular formula is C10H13ClO2. The lowest BCUT2D eigenvalue weighted by molar-refractivity contribution is 0.333. The van der Waals surface area contributed by atoms with Crippen LogP contribution >= 0.6 is 11.6 Å². The number of alkyl halides is 1. The van der Waals surface area contributed by atoms with E-state index in [2.05, 4.69) is 0 Å². The molecule has 0 unspecified atom stereocenters. The number of halogens is 1. The van der Waals surface area contributed by atoms with Crippen LogP contribution in [0.4, 0.5) is 0 Å². The molecule has 0 aliphatic rings. The van der Waals surface area contributed by atoms with Crippen LogP contribution in [0.2, 0.25) is 0 Å². The van der Waals surface area contributed by atoms with E-state index in [0.717, 1.165) is 17.1 Å². The molecule has 0 heterocycles. The topological polar surface area (TPSA) is 18.5 Å². The lowest BCUT2D eigenvalue weighted by atomic mass is 10.2. The molecule has 0 aromatic heterocycles. The summed E-state index contributed by atoms with van der Waals surface area (Å²) < 4.78 is 10.5. The van der Waals surface area contributed by atoms with Crippen LogP contribution in [0.15, 0.2) is 18.2 Å². The molecule has 0 saturated heterocycles. The number of benzene rings is 1. The van der Waals surface area contributed by atoms with Crippen molar-refractivity contribution >= 4 is 11.6 Å². The molecule has 0 aliphatic heterocycles. The summed E-state index contributed by atoms with van der Waals surface area (Å²) in [7, 11) is 1.63. The average Bonchev–Trinajstić information content (AvgIpc) is 2.18. The highest BCUT2D eigenvalue weighted by atomic mass is 35.5. The lowest BCUT2D eigenvalue weighted by Crippen LogP contribution is -1.96. The Balaban J connectivity index is 2.95. The fraction of sp³-hybridized carbons (Fsp3) is 0.400. The molecule has 0 spiro atoms. The lowest BCUT2D eigenvalue weighted by Gasteiger charge is -2.09. The van der Waals surface area contributed by atoms with Crippen molar-refractivity contribution in [3.8, 4) is 11.5 Å². The van der Waals surface area contributed by atoms with Gasteiger partial charge in [-0.05, 0) is 13.0 Å². The van der Waals surface area contributed by atoms with Crippen molar-refractivity contribution in [3.05, 3.63) is 23.8 Å². The highest BCUT2D eigenvalue weighted by Gasteiger charge is 2.03. The van der Waals surface area contributed by atoms with Gasteiger partial charge >= 0.3 is 0 Å². The zero-order valence-electron chi connectivity index (χ0n) is 7.84. The second-order valence-electron chi connectivity index (χ2n) is 2.54. The van der Waals surface area contributed by atoms with Crippen molar-refractivity contribution < 1.29 is 9.47 Å². The van der Waals surface area contributed by atoms with Gasteiger partial charge in [-0.2, -0.15) is 0 Å². The van der Waals surface area contributed by atoms with Crippen molar-refractivity contribution in [2.75, 3.05) is 13.7 Å². The van der Waals surface area contributed by atoms with E-state index >= 15 is 0 Å². The quantitative estimate of drug-likeness (QED) is 0.696. The molecule has 72 valence electrons. The predicted molar refractivity (Wildman–Crippen MR) is 53.7 cm³/mol. The summed E-state index contributed by atoms with van der Waals surface area (Å²) in [4.78, 5) is 0. The smallest absolute Gasteiger partial charge is 0.127 e. The first-order valence-corrected chi connectivity index (χ1v) is 4.71. The largest absolute Gasteiger partial charge is 0.497 e. The van der Waals surface area contributed by atoms with Crippen molar-refractivity contribution in [2.45, 2.75) is 12.8 Å². The third kappa shape index (κ3) is 2.52. The van der Waals surface area contributed by atoms with Gasteiger partial charge in [0.1, 0.15) is 11.5 Å². The molecule has 3 heteroatoms. The molecular weight excluding hydrogens is 188 g/mol. The normalized spacial score (nSPS) is 9.77. The fourth-order valence-electron chi connectivity index (χ4n) is 1.06. The van der Waals surface area contributed by atoms with Crippen molar-refractivity contribution in [1.29, 1.82) is 0 Å². The van der Waals surface area contributed by atoms with Gasteiger partial charge in [-0.15, -0.1) is 11.6 Å².